The summed E-state index contributed by atoms with van der Waals surface area (Å²) in [6.07, 6.45) is 1.32. The summed E-state index contributed by atoms with van der Waals surface area (Å²) in [6.45, 7) is 6.45. The van der Waals surface area contributed by atoms with Gasteiger partial charge in [0, 0.05) is 6.54 Å². The molecular weight excluding hydrogens is 423 g/mol. The van der Waals surface area contributed by atoms with Gasteiger partial charge in [0.2, 0.25) is 0 Å². The summed E-state index contributed by atoms with van der Waals surface area (Å²) in [5, 5.41) is 27.0. The van der Waals surface area contributed by atoms with Crippen LogP contribution in [-0.4, -0.2) is 55.9 Å². The molecule has 0 aliphatic heterocycles. The number of aromatic nitrogens is 3. The van der Waals surface area contributed by atoms with Crippen LogP contribution in [0.3, 0.4) is 0 Å². The standard InChI is InChI=1S/C23H29BN4O5/c1-23(2,3)33-22(29)27(13-17-5-9-19(10-6-17)24(30)31)15-20-16-28(26-25-20)14-18-7-11-21(32-4)12-8-18/h5-12,16,30-31H,13-15H2,1-4H3. The van der Waals surface area contributed by atoms with Gasteiger partial charge in [-0.05, 0) is 49.5 Å². The summed E-state index contributed by atoms with van der Waals surface area (Å²) in [4.78, 5) is 14.4. The van der Waals surface area contributed by atoms with Crippen molar-refractivity contribution in [2.45, 2.75) is 46.0 Å². The van der Waals surface area contributed by atoms with E-state index >= 15 is 0 Å². The first kappa shape index (κ1) is 24.3. The molecule has 0 bridgehead atoms. The summed E-state index contributed by atoms with van der Waals surface area (Å²) >= 11 is 0. The molecule has 9 nitrogen and oxygen atoms in total. The molecule has 1 amide bonds. The van der Waals surface area contributed by atoms with Crippen molar-refractivity contribution in [2.24, 2.45) is 0 Å². The third-order valence-electron chi connectivity index (χ3n) is 4.75. The number of nitrogens with zero attached hydrogens (tertiary/aromatic N) is 4. The van der Waals surface area contributed by atoms with Crippen LogP contribution < -0.4 is 10.2 Å². The van der Waals surface area contributed by atoms with Crippen LogP contribution in [0.15, 0.2) is 54.7 Å². The Balaban J connectivity index is 1.73. The predicted octanol–water partition coefficient (Wildman–Crippen LogP) is 1.95. The van der Waals surface area contributed by atoms with Gasteiger partial charge < -0.3 is 19.5 Å². The molecule has 2 N–H and O–H groups in total. The Kier molecular flexibility index (Phi) is 7.73. The van der Waals surface area contributed by atoms with E-state index in [2.05, 4.69) is 10.3 Å². The molecule has 174 valence electrons. The Labute approximate surface area is 193 Å². The lowest BCUT2D eigenvalue weighted by molar-refractivity contribution is 0.0214. The fraction of sp³-hybridized carbons (Fsp3) is 0.348. The zero-order valence-corrected chi connectivity index (χ0v) is 19.3. The fourth-order valence-electron chi connectivity index (χ4n) is 3.13. The molecule has 3 aromatic rings. The molecule has 0 atom stereocenters. The third kappa shape index (κ3) is 7.33. The normalized spacial score (nSPS) is 11.2. The minimum Gasteiger partial charge on any atom is -0.497 e. The monoisotopic (exact) mass is 452 g/mol. The molecule has 0 saturated carbocycles. The van der Waals surface area contributed by atoms with Gasteiger partial charge in [-0.1, -0.05) is 41.6 Å². The van der Waals surface area contributed by atoms with Gasteiger partial charge >= 0.3 is 13.2 Å². The van der Waals surface area contributed by atoms with Crippen molar-refractivity contribution >= 4 is 18.7 Å². The number of hydrogen-bond donors (Lipinski definition) is 2. The molecule has 0 spiro atoms. The maximum absolute atomic E-state index is 12.9. The lowest BCUT2D eigenvalue weighted by atomic mass is 9.80. The molecule has 10 heteroatoms. The average Bonchev–Trinajstić information content (AvgIpc) is 3.20. The van der Waals surface area contributed by atoms with Gasteiger partial charge in [0.1, 0.15) is 17.0 Å². The molecule has 33 heavy (non-hydrogen) atoms. The second kappa shape index (κ2) is 10.5. The van der Waals surface area contributed by atoms with Crippen molar-refractivity contribution in [1.29, 1.82) is 0 Å². The van der Waals surface area contributed by atoms with Crippen molar-refractivity contribution < 1.29 is 24.3 Å². The van der Waals surface area contributed by atoms with Crippen LogP contribution in [0.4, 0.5) is 4.79 Å². The van der Waals surface area contributed by atoms with Crippen LogP contribution >= 0.6 is 0 Å². The highest BCUT2D eigenvalue weighted by atomic mass is 16.6. The van der Waals surface area contributed by atoms with Crippen LogP contribution in [0.2, 0.25) is 0 Å². The number of benzene rings is 2. The number of hydrogen-bond acceptors (Lipinski definition) is 7. The van der Waals surface area contributed by atoms with Crippen LogP contribution in [-0.2, 0) is 24.4 Å². The number of amides is 1. The number of carbonyl (C=O) groups excluding carboxylic acids is 1. The van der Waals surface area contributed by atoms with Crippen LogP contribution in [0.25, 0.3) is 0 Å². The van der Waals surface area contributed by atoms with E-state index < -0.39 is 18.8 Å². The van der Waals surface area contributed by atoms with Gasteiger partial charge in [-0.25, -0.2) is 9.48 Å². The van der Waals surface area contributed by atoms with Gasteiger partial charge in [-0.2, -0.15) is 0 Å². The second-order valence-electron chi connectivity index (χ2n) is 8.71. The zero-order chi connectivity index (χ0) is 24.0. The van der Waals surface area contributed by atoms with Crippen molar-refractivity contribution in [1.82, 2.24) is 19.9 Å². The largest absolute Gasteiger partial charge is 0.497 e. The molecule has 0 radical (unpaired) electrons. The second-order valence-corrected chi connectivity index (χ2v) is 8.71. The highest BCUT2D eigenvalue weighted by molar-refractivity contribution is 6.58. The molecule has 0 saturated heterocycles. The number of rotatable bonds is 8. The lowest BCUT2D eigenvalue weighted by Crippen LogP contribution is -2.36. The van der Waals surface area contributed by atoms with E-state index in [1.165, 1.54) is 4.90 Å². The number of methoxy groups -OCH3 is 1. The Morgan fingerprint density at radius 1 is 1.03 bits per heavy atom. The number of ether oxygens (including phenoxy) is 2. The van der Waals surface area contributed by atoms with E-state index in [-0.39, 0.29) is 13.1 Å². The summed E-state index contributed by atoms with van der Waals surface area (Å²) in [7, 11) is 0.0844. The highest BCUT2D eigenvalue weighted by Gasteiger charge is 2.24. The first-order valence-electron chi connectivity index (χ1n) is 10.6. The predicted molar refractivity (Wildman–Crippen MR) is 124 cm³/mol. The Hall–Kier alpha value is -3.37. The summed E-state index contributed by atoms with van der Waals surface area (Å²) in [6, 6.07) is 14.4. The first-order chi connectivity index (χ1) is 15.6. The molecule has 3 rings (SSSR count). The zero-order valence-electron chi connectivity index (χ0n) is 19.3. The van der Waals surface area contributed by atoms with Gasteiger partial charge in [-0.15, -0.1) is 5.10 Å². The fourth-order valence-corrected chi connectivity index (χ4v) is 3.13. The molecule has 2 aromatic carbocycles. The van der Waals surface area contributed by atoms with E-state index in [4.69, 9.17) is 9.47 Å². The van der Waals surface area contributed by atoms with E-state index in [0.29, 0.717) is 17.7 Å². The van der Waals surface area contributed by atoms with Gasteiger partial charge in [0.15, 0.2) is 0 Å². The first-order valence-corrected chi connectivity index (χ1v) is 10.6. The van der Waals surface area contributed by atoms with Gasteiger partial charge in [0.25, 0.3) is 0 Å². The molecule has 0 fully saturated rings. The summed E-state index contributed by atoms with van der Waals surface area (Å²) in [5.74, 6) is 0.785. The van der Waals surface area contributed by atoms with E-state index in [0.717, 1.165) is 16.9 Å². The van der Waals surface area contributed by atoms with Crippen molar-refractivity contribution in [3.05, 3.63) is 71.5 Å². The smallest absolute Gasteiger partial charge is 0.488 e. The van der Waals surface area contributed by atoms with Crippen molar-refractivity contribution in [3.63, 3.8) is 0 Å². The quantitative estimate of drug-likeness (QED) is 0.503. The van der Waals surface area contributed by atoms with Gasteiger partial charge in [0.05, 0.1) is 26.4 Å². The van der Waals surface area contributed by atoms with Crippen LogP contribution in [0.5, 0.6) is 5.75 Å². The Morgan fingerprint density at radius 2 is 1.67 bits per heavy atom. The molecule has 1 aromatic heterocycles. The minimum absolute atomic E-state index is 0.210. The van der Waals surface area contributed by atoms with Crippen molar-refractivity contribution in [3.8, 4) is 5.75 Å². The number of carbonyl (C=O) groups is 1. The van der Waals surface area contributed by atoms with E-state index in [1.807, 2.05) is 45.0 Å². The minimum atomic E-state index is -1.54. The molecular formula is C23H29BN4O5. The molecule has 0 unspecified atom stereocenters. The topological polar surface area (TPSA) is 110 Å². The van der Waals surface area contributed by atoms with E-state index in [9.17, 15) is 14.8 Å². The molecule has 0 aliphatic carbocycles. The van der Waals surface area contributed by atoms with Crippen LogP contribution in [0, 0.1) is 0 Å². The average molecular weight is 452 g/mol. The van der Waals surface area contributed by atoms with Crippen molar-refractivity contribution in [2.75, 3.05) is 7.11 Å². The molecule has 0 aliphatic rings. The lowest BCUT2D eigenvalue weighted by Gasteiger charge is -2.27. The highest BCUT2D eigenvalue weighted by Crippen LogP contribution is 2.16. The maximum Gasteiger partial charge on any atom is 0.488 e. The third-order valence-corrected chi connectivity index (χ3v) is 4.75. The Morgan fingerprint density at radius 3 is 2.24 bits per heavy atom. The van der Waals surface area contributed by atoms with Gasteiger partial charge in [-0.3, -0.25) is 4.90 Å². The summed E-state index contributed by atoms with van der Waals surface area (Å²) < 4.78 is 12.5. The molecule has 1 heterocycles. The van der Waals surface area contributed by atoms with E-state index in [1.54, 1.807) is 42.3 Å². The van der Waals surface area contributed by atoms with Crippen LogP contribution in [0.1, 0.15) is 37.6 Å². The summed E-state index contributed by atoms with van der Waals surface area (Å²) in [5.41, 5.74) is 2.21. The SMILES string of the molecule is COc1ccc(Cn2cc(CN(Cc3ccc(B(O)O)cc3)C(=O)OC(C)(C)C)nn2)cc1. The Bertz CT molecular complexity index is 1050. The maximum atomic E-state index is 12.9.